The van der Waals surface area contributed by atoms with Crippen molar-refractivity contribution in [3.63, 3.8) is 0 Å². The predicted octanol–water partition coefficient (Wildman–Crippen LogP) is 7.22. The van der Waals surface area contributed by atoms with Crippen molar-refractivity contribution in [3.8, 4) is 0 Å². The molecule has 0 aliphatic heterocycles. The minimum absolute atomic E-state index is 0.0188. The quantitative estimate of drug-likeness (QED) is 0.172. The number of hydrogen-bond donors (Lipinski definition) is 1. The number of non-ortho nitro benzene ring substituents is 1. The monoisotopic (exact) mass is 613 g/mol. The van der Waals surface area contributed by atoms with Crippen molar-refractivity contribution in [1.29, 1.82) is 0 Å². The molecule has 1 saturated carbocycles. The maximum atomic E-state index is 13.9. The Morgan fingerprint density at radius 3 is 2.22 bits per heavy atom. The van der Waals surface area contributed by atoms with Gasteiger partial charge in [0.05, 0.1) is 10.7 Å². The Balaban J connectivity index is 1.58. The van der Waals surface area contributed by atoms with Crippen molar-refractivity contribution in [2.24, 2.45) is 0 Å². The van der Waals surface area contributed by atoms with Gasteiger partial charge >= 0.3 is 0 Å². The zero-order valence-corrected chi connectivity index (χ0v) is 25.0. The van der Waals surface area contributed by atoms with E-state index in [1.54, 1.807) is 35.2 Å². The Morgan fingerprint density at radius 2 is 1.59 bits per heavy atom. The maximum Gasteiger partial charge on any atom is 0.269 e. The highest BCUT2D eigenvalue weighted by Crippen LogP contribution is 2.28. The van der Waals surface area contributed by atoms with Crippen LogP contribution in [0.15, 0.2) is 72.8 Å². The summed E-state index contributed by atoms with van der Waals surface area (Å²) in [5, 5.41) is 15.0. The van der Waals surface area contributed by atoms with Crippen molar-refractivity contribution < 1.29 is 14.5 Å². The van der Waals surface area contributed by atoms with Crippen LogP contribution in [0.1, 0.15) is 48.8 Å². The number of benzene rings is 3. The van der Waals surface area contributed by atoms with Crippen LogP contribution >= 0.6 is 35.0 Å². The summed E-state index contributed by atoms with van der Waals surface area (Å²) in [4.78, 5) is 39.9. The number of thioether (sulfide) groups is 1. The van der Waals surface area contributed by atoms with E-state index in [2.05, 4.69) is 5.32 Å². The molecule has 3 aromatic rings. The smallest absolute Gasteiger partial charge is 0.269 e. The second-order valence-corrected chi connectivity index (χ2v) is 12.0. The molecule has 7 nitrogen and oxygen atoms in total. The van der Waals surface area contributed by atoms with Crippen LogP contribution in [-0.2, 0) is 28.3 Å². The number of nitrogens with zero attached hydrogens (tertiary/aromatic N) is 2. The van der Waals surface area contributed by atoms with E-state index in [1.165, 1.54) is 30.3 Å². The molecule has 1 aliphatic rings. The topological polar surface area (TPSA) is 92.6 Å². The molecule has 1 N–H and O–H groups in total. The average Bonchev–Trinajstić information content (AvgIpc) is 2.97. The van der Waals surface area contributed by atoms with Crippen molar-refractivity contribution in [2.45, 2.75) is 62.9 Å². The summed E-state index contributed by atoms with van der Waals surface area (Å²) in [5.74, 6) is 0.202. The number of carbonyl (C=O) groups excluding carboxylic acids is 2. The Labute approximate surface area is 254 Å². The first kappa shape index (κ1) is 30.9. The summed E-state index contributed by atoms with van der Waals surface area (Å²) >= 11 is 14.4. The van der Waals surface area contributed by atoms with Gasteiger partial charge < -0.3 is 10.2 Å². The summed E-state index contributed by atoms with van der Waals surface area (Å²) in [7, 11) is 0. The van der Waals surface area contributed by atoms with Crippen molar-refractivity contribution in [3.05, 3.63) is 110 Å². The van der Waals surface area contributed by atoms with Gasteiger partial charge in [0.15, 0.2) is 0 Å². The SMILES string of the molecule is O=C(NC1CCCCC1)[C@@H](Cc1ccccc1)N(Cc1c(Cl)cccc1Cl)C(=O)CSCc1ccc([N+](=O)[O-])cc1. The molecule has 3 aromatic carbocycles. The molecule has 4 rings (SSSR count). The van der Waals surface area contributed by atoms with E-state index in [0.717, 1.165) is 36.8 Å². The second-order valence-electron chi connectivity index (χ2n) is 10.2. The molecule has 216 valence electrons. The lowest BCUT2D eigenvalue weighted by molar-refractivity contribution is -0.384. The number of hydrogen-bond acceptors (Lipinski definition) is 5. The molecule has 0 bridgehead atoms. The highest BCUT2D eigenvalue weighted by atomic mass is 35.5. The summed E-state index contributed by atoms with van der Waals surface area (Å²) in [6, 6.07) is 20.5. The summed E-state index contributed by atoms with van der Waals surface area (Å²) < 4.78 is 0. The van der Waals surface area contributed by atoms with Crippen LogP contribution in [0.25, 0.3) is 0 Å². The van der Waals surface area contributed by atoms with E-state index in [4.69, 9.17) is 23.2 Å². The number of rotatable bonds is 12. The molecule has 0 radical (unpaired) electrons. The van der Waals surface area contributed by atoms with Gasteiger partial charge in [-0.15, -0.1) is 11.8 Å². The molecule has 0 unspecified atom stereocenters. The number of nitro groups is 1. The van der Waals surface area contributed by atoms with Gasteiger partial charge in [-0.1, -0.05) is 91.0 Å². The van der Waals surface area contributed by atoms with Gasteiger partial charge in [-0.2, -0.15) is 0 Å². The van der Waals surface area contributed by atoms with Crippen LogP contribution in [0.5, 0.6) is 0 Å². The van der Waals surface area contributed by atoms with E-state index < -0.39 is 11.0 Å². The lowest BCUT2D eigenvalue weighted by Crippen LogP contribution is -2.53. The van der Waals surface area contributed by atoms with Gasteiger partial charge in [0.2, 0.25) is 11.8 Å². The normalized spacial score (nSPS) is 14.3. The van der Waals surface area contributed by atoms with Crippen LogP contribution in [0.4, 0.5) is 5.69 Å². The van der Waals surface area contributed by atoms with Crippen LogP contribution in [-0.4, -0.2) is 39.5 Å². The molecular formula is C31H33Cl2N3O4S. The minimum Gasteiger partial charge on any atom is -0.352 e. The van der Waals surface area contributed by atoms with E-state index >= 15 is 0 Å². The van der Waals surface area contributed by atoms with Crippen molar-refractivity contribution in [1.82, 2.24) is 10.2 Å². The van der Waals surface area contributed by atoms with Gasteiger partial charge in [-0.05, 0) is 36.1 Å². The molecule has 2 amide bonds. The van der Waals surface area contributed by atoms with Crippen LogP contribution in [0.2, 0.25) is 10.0 Å². The third kappa shape index (κ3) is 8.96. The Bertz CT molecular complexity index is 1310. The number of nitrogens with one attached hydrogen (secondary N) is 1. The molecular weight excluding hydrogens is 581 g/mol. The third-order valence-corrected chi connectivity index (χ3v) is 8.95. The summed E-state index contributed by atoms with van der Waals surface area (Å²) in [5.41, 5.74) is 2.42. The highest BCUT2D eigenvalue weighted by molar-refractivity contribution is 7.99. The molecule has 0 aromatic heterocycles. The summed E-state index contributed by atoms with van der Waals surface area (Å²) in [6.07, 6.45) is 5.52. The van der Waals surface area contributed by atoms with E-state index in [-0.39, 0.29) is 35.8 Å². The van der Waals surface area contributed by atoms with Crippen molar-refractivity contribution >= 4 is 52.5 Å². The van der Waals surface area contributed by atoms with E-state index in [9.17, 15) is 19.7 Å². The lowest BCUT2D eigenvalue weighted by atomic mass is 9.94. The Hall–Kier alpha value is -3.07. The minimum atomic E-state index is -0.765. The standard InChI is InChI=1S/C31H33Cl2N3O4S/c32-27-12-7-13-28(33)26(27)19-35(30(37)21-41-20-23-14-16-25(17-15-23)36(39)40)29(18-22-8-3-1-4-9-22)31(38)34-24-10-5-2-6-11-24/h1,3-4,7-9,12-17,24,29H,2,5-6,10-11,18-21H2,(H,34,38)/t29-/m1/s1. The molecule has 41 heavy (non-hydrogen) atoms. The first-order valence-corrected chi connectivity index (χ1v) is 15.6. The third-order valence-electron chi connectivity index (χ3n) is 7.25. The van der Waals surface area contributed by atoms with Gasteiger partial charge in [-0.25, -0.2) is 0 Å². The fourth-order valence-electron chi connectivity index (χ4n) is 5.00. The number of nitro benzene ring substituents is 1. The van der Waals surface area contributed by atoms with Gasteiger partial charge in [0.25, 0.3) is 5.69 Å². The highest BCUT2D eigenvalue weighted by Gasteiger charge is 2.32. The number of amides is 2. The molecule has 1 atom stereocenters. The van der Waals surface area contributed by atoms with E-state index in [0.29, 0.717) is 27.8 Å². The number of halogens is 2. The molecule has 0 saturated heterocycles. The molecule has 0 heterocycles. The molecule has 1 aliphatic carbocycles. The van der Waals surface area contributed by atoms with Crippen LogP contribution in [0.3, 0.4) is 0 Å². The number of carbonyl (C=O) groups is 2. The summed E-state index contributed by atoms with van der Waals surface area (Å²) in [6.45, 7) is 0.0883. The Morgan fingerprint density at radius 1 is 0.927 bits per heavy atom. The molecule has 0 spiro atoms. The predicted molar refractivity (Wildman–Crippen MR) is 165 cm³/mol. The van der Waals surface area contributed by atoms with Crippen molar-refractivity contribution in [2.75, 3.05) is 5.75 Å². The zero-order valence-electron chi connectivity index (χ0n) is 22.6. The molecule has 1 fully saturated rings. The van der Waals surface area contributed by atoms with Crippen LogP contribution in [0, 0.1) is 10.1 Å². The second kappa shape index (κ2) is 15.2. The average molecular weight is 615 g/mol. The van der Waals surface area contributed by atoms with Crippen LogP contribution < -0.4 is 5.32 Å². The zero-order chi connectivity index (χ0) is 29.2. The maximum absolute atomic E-state index is 13.9. The fourth-order valence-corrected chi connectivity index (χ4v) is 6.39. The molecule has 10 heteroatoms. The van der Waals surface area contributed by atoms with Gasteiger partial charge in [0, 0.05) is 52.5 Å². The first-order chi connectivity index (χ1) is 19.8. The first-order valence-electron chi connectivity index (χ1n) is 13.7. The fraction of sp³-hybridized carbons (Fsp3) is 0.355. The van der Waals surface area contributed by atoms with E-state index in [1.807, 2.05) is 30.3 Å². The lowest BCUT2D eigenvalue weighted by Gasteiger charge is -2.34. The Kier molecular flexibility index (Phi) is 11.5. The van der Waals surface area contributed by atoms with Gasteiger partial charge in [-0.3, -0.25) is 19.7 Å². The largest absolute Gasteiger partial charge is 0.352 e. The van der Waals surface area contributed by atoms with Gasteiger partial charge in [0.1, 0.15) is 6.04 Å².